The third-order valence-electron chi connectivity index (χ3n) is 3.05. The minimum Gasteiger partial charge on any atom is -0.391 e. The van der Waals surface area contributed by atoms with Crippen molar-refractivity contribution in [3.05, 3.63) is 11.4 Å². The number of hydrazine groups is 1. The third kappa shape index (κ3) is 4.33. The molecule has 0 aliphatic carbocycles. The molecule has 0 aliphatic rings. The van der Waals surface area contributed by atoms with Gasteiger partial charge in [-0.25, -0.2) is 15.8 Å². The maximum absolute atomic E-state index is 9.83. The van der Waals surface area contributed by atoms with Gasteiger partial charge in [-0.3, -0.25) is 0 Å². The smallest absolute Gasteiger partial charge is 0.148 e. The maximum atomic E-state index is 9.83. The Bertz CT molecular complexity index is 408. The molecular weight excluding hydrogens is 242 g/mol. The van der Waals surface area contributed by atoms with Crippen LogP contribution in [0, 0.1) is 12.8 Å². The highest BCUT2D eigenvalue weighted by Crippen LogP contribution is 2.20. The summed E-state index contributed by atoms with van der Waals surface area (Å²) in [5.74, 6) is 7.78. The molecule has 0 aromatic carbocycles. The van der Waals surface area contributed by atoms with Gasteiger partial charge in [0.2, 0.25) is 0 Å². The number of nitrogens with one attached hydrogen (secondary N) is 2. The first kappa shape index (κ1) is 15.7. The molecule has 1 heterocycles. The predicted molar refractivity (Wildman–Crippen MR) is 77.9 cm³/mol. The number of rotatable bonds is 7. The number of anilines is 2. The van der Waals surface area contributed by atoms with Gasteiger partial charge in [0.1, 0.15) is 17.5 Å². The van der Waals surface area contributed by atoms with Gasteiger partial charge < -0.3 is 15.8 Å². The topological polar surface area (TPSA) is 96.1 Å². The number of nitrogens with two attached hydrogens (primary N) is 1. The molecule has 19 heavy (non-hydrogen) atoms. The Kier molecular flexibility index (Phi) is 5.98. The molecule has 5 N–H and O–H groups in total. The Morgan fingerprint density at radius 2 is 1.89 bits per heavy atom. The standard InChI is InChI=1S/C13H25N5O/c1-5-6-11-16-12(9(4)13(17-11)18-14)15-7-10(19)8(2)3/h8,10,19H,5-7,14H2,1-4H3,(H2,15,16,17,18). The van der Waals surface area contributed by atoms with Crippen LogP contribution >= 0.6 is 0 Å². The molecule has 1 aromatic heterocycles. The average molecular weight is 267 g/mol. The summed E-state index contributed by atoms with van der Waals surface area (Å²) in [6.07, 6.45) is 1.37. The fraction of sp³-hybridized carbons (Fsp3) is 0.692. The summed E-state index contributed by atoms with van der Waals surface area (Å²) in [6.45, 7) is 8.40. The largest absolute Gasteiger partial charge is 0.391 e. The van der Waals surface area contributed by atoms with E-state index in [9.17, 15) is 5.11 Å². The van der Waals surface area contributed by atoms with Gasteiger partial charge in [0, 0.05) is 18.5 Å². The van der Waals surface area contributed by atoms with E-state index >= 15 is 0 Å². The first-order valence-electron chi connectivity index (χ1n) is 6.75. The summed E-state index contributed by atoms with van der Waals surface area (Å²) in [7, 11) is 0. The first-order chi connectivity index (χ1) is 8.99. The van der Waals surface area contributed by atoms with Gasteiger partial charge in [0.05, 0.1) is 6.10 Å². The number of aliphatic hydroxyl groups excluding tert-OH is 1. The zero-order valence-electron chi connectivity index (χ0n) is 12.2. The quantitative estimate of drug-likeness (QED) is 0.441. The van der Waals surface area contributed by atoms with Crippen molar-refractivity contribution in [2.75, 3.05) is 17.3 Å². The van der Waals surface area contributed by atoms with Gasteiger partial charge in [0.25, 0.3) is 0 Å². The van der Waals surface area contributed by atoms with E-state index in [-0.39, 0.29) is 5.92 Å². The summed E-state index contributed by atoms with van der Waals surface area (Å²) in [5.41, 5.74) is 3.45. The van der Waals surface area contributed by atoms with Gasteiger partial charge >= 0.3 is 0 Å². The number of hydrogen-bond donors (Lipinski definition) is 4. The zero-order chi connectivity index (χ0) is 14.4. The Hall–Kier alpha value is -1.40. The Morgan fingerprint density at radius 1 is 1.26 bits per heavy atom. The molecule has 1 atom stereocenters. The van der Waals surface area contributed by atoms with Crippen LogP contribution in [0.5, 0.6) is 0 Å². The van der Waals surface area contributed by atoms with Crippen LogP contribution in [0.15, 0.2) is 0 Å². The molecule has 0 bridgehead atoms. The molecule has 0 spiro atoms. The van der Waals surface area contributed by atoms with E-state index in [1.165, 1.54) is 0 Å². The van der Waals surface area contributed by atoms with Crippen LogP contribution in [0.4, 0.5) is 11.6 Å². The maximum Gasteiger partial charge on any atom is 0.148 e. The molecule has 6 heteroatoms. The monoisotopic (exact) mass is 267 g/mol. The second-order valence-corrected chi connectivity index (χ2v) is 5.05. The van der Waals surface area contributed by atoms with Crippen molar-refractivity contribution < 1.29 is 5.11 Å². The van der Waals surface area contributed by atoms with Crippen LogP contribution in [-0.2, 0) is 6.42 Å². The molecule has 0 radical (unpaired) electrons. The number of aliphatic hydroxyl groups is 1. The second-order valence-electron chi connectivity index (χ2n) is 5.05. The van der Waals surface area contributed by atoms with Gasteiger partial charge in [-0.2, -0.15) is 0 Å². The van der Waals surface area contributed by atoms with E-state index in [0.29, 0.717) is 12.4 Å². The number of hydrogen-bond acceptors (Lipinski definition) is 6. The van der Waals surface area contributed by atoms with Crippen molar-refractivity contribution >= 4 is 11.6 Å². The predicted octanol–water partition coefficient (Wildman–Crippen LogP) is 1.45. The SMILES string of the molecule is CCCc1nc(NN)c(C)c(NCC(O)C(C)C)n1. The summed E-state index contributed by atoms with van der Waals surface area (Å²) < 4.78 is 0. The minimum absolute atomic E-state index is 0.205. The molecule has 108 valence electrons. The number of aromatic nitrogens is 2. The molecule has 0 saturated carbocycles. The van der Waals surface area contributed by atoms with Gasteiger partial charge in [0.15, 0.2) is 0 Å². The second kappa shape index (κ2) is 7.25. The molecule has 0 aliphatic heterocycles. The number of nitrogens with zero attached hydrogens (tertiary/aromatic N) is 2. The van der Waals surface area contributed by atoms with Gasteiger partial charge in [-0.15, -0.1) is 0 Å². The Morgan fingerprint density at radius 3 is 2.42 bits per heavy atom. The minimum atomic E-state index is -0.404. The highest BCUT2D eigenvalue weighted by molar-refractivity contribution is 5.56. The van der Waals surface area contributed by atoms with Crippen LogP contribution in [-0.4, -0.2) is 27.7 Å². The van der Waals surface area contributed by atoms with Gasteiger partial charge in [-0.1, -0.05) is 20.8 Å². The fourth-order valence-electron chi connectivity index (χ4n) is 1.65. The lowest BCUT2D eigenvalue weighted by atomic mass is 10.1. The molecular formula is C13H25N5O. The van der Waals surface area contributed by atoms with Crippen molar-refractivity contribution in [2.24, 2.45) is 11.8 Å². The van der Waals surface area contributed by atoms with Gasteiger partial charge in [-0.05, 0) is 19.3 Å². The van der Waals surface area contributed by atoms with Crippen LogP contribution in [0.3, 0.4) is 0 Å². The lowest BCUT2D eigenvalue weighted by Gasteiger charge is -2.18. The molecule has 0 amide bonds. The summed E-state index contributed by atoms with van der Waals surface area (Å²) in [4.78, 5) is 8.83. The molecule has 0 fully saturated rings. The van der Waals surface area contributed by atoms with E-state index in [2.05, 4.69) is 27.6 Å². The Balaban J connectivity index is 2.88. The van der Waals surface area contributed by atoms with Crippen LogP contribution in [0.1, 0.15) is 38.6 Å². The molecule has 6 nitrogen and oxygen atoms in total. The zero-order valence-corrected chi connectivity index (χ0v) is 12.2. The first-order valence-corrected chi connectivity index (χ1v) is 6.75. The third-order valence-corrected chi connectivity index (χ3v) is 3.05. The molecule has 1 aromatic rings. The normalized spacial score (nSPS) is 12.6. The Labute approximate surface area is 114 Å². The van der Waals surface area contributed by atoms with Crippen LogP contribution in [0.25, 0.3) is 0 Å². The van der Waals surface area contributed by atoms with E-state index in [0.717, 1.165) is 30.0 Å². The van der Waals surface area contributed by atoms with E-state index in [1.807, 2.05) is 20.8 Å². The highest BCUT2D eigenvalue weighted by Gasteiger charge is 2.13. The van der Waals surface area contributed by atoms with E-state index < -0.39 is 6.10 Å². The lowest BCUT2D eigenvalue weighted by molar-refractivity contribution is 0.138. The summed E-state index contributed by atoms with van der Waals surface area (Å²) in [6, 6.07) is 0. The van der Waals surface area contributed by atoms with Crippen LogP contribution < -0.4 is 16.6 Å². The van der Waals surface area contributed by atoms with Crippen molar-refractivity contribution in [3.63, 3.8) is 0 Å². The van der Waals surface area contributed by atoms with Crippen LogP contribution in [0.2, 0.25) is 0 Å². The fourth-order valence-corrected chi connectivity index (χ4v) is 1.65. The van der Waals surface area contributed by atoms with Crippen molar-refractivity contribution in [1.82, 2.24) is 9.97 Å². The van der Waals surface area contributed by atoms with E-state index in [1.54, 1.807) is 0 Å². The van der Waals surface area contributed by atoms with E-state index in [4.69, 9.17) is 5.84 Å². The lowest BCUT2D eigenvalue weighted by Crippen LogP contribution is -2.26. The summed E-state index contributed by atoms with van der Waals surface area (Å²) >= 11 is 0. The molecule has 1 rings (SSSR count). The summed E-state index contributed by atoms with van der Waals surface area (Å²) in [5, 5.41) is 13.0. The molecule has 0 saturated heterocycles. The number of nitrogen functional groups attached to an aromatic ring is 1. The van der Waals surface area contributed by atoms with Crippen molar-refractivity contribution in [1.29, 1.82) is 0 Å². The van der Waals surface area contributed by atoms with Crippen molar-refractivity contribution in [3.8, 4) is 0 Å². The average Bonchev–Trinajstić information content (AvgIpc) is 2.38. The highest BCUT2D eigenvalue weighted by atomic mass is 16.3. The molecule has 1 unspecified atom stereocenters. The number of aryl methyl sites for hydroxylation is 1. The van der Waals surface area contributed by atoms with Crippen molar-refractivity contribution in [2.45, 2.75) is 46.6 Å².